The molecule has 1 fully saturated rings. The Balaban J connectivity index is 1.85. The number of halogens is 4. The Kier molecular flexibility index (Phi) is 7.47. The van der Waals surface area contributed by atoms with Gasteiger partial charge in [0.25, 0.3) is 5.56 Å². The Morgan fingerprint density at radius 2 is 1.94 bits per heavy atom. The van der Waals surface area contributed by atoms with E-state index in [1.54, 1.807) is 18.2 Å². The van der Waals surface area contributed by atoms with Crippen LogP contribution in [-0.4, -0.2) is 53.6 Å². The van der Waals surface area contributed by atoms with Crippen molar-refractivity contribution in [2.45, 2.75) is 30.0 Å². The van der Waals surface area contributed by atoms with Crippen LogP contribution in [-0.2, 0) is 6.18 Å². The smallest absolute Gasteiger partial charge is 0.416 e. The number of likely N-dealkylation sites (tertiary alicyclic amines) is 1. The summed E-state index contributed by atoms with van der Waals surface area (Å²) in [6, 6.07) is 7.98. The maximum absolute atomic E-state index is 13.5. The van der Waals surface area contributed by atoms with Crippen LogP contribution >= 0.6 is 23.4 Å². The SMILES string of the molecule is COc1ccc(Cl)cc1-c1c(SCC(O)CN2CCCC2)c(=O)[nH]c2ccc(C(F)(F)F)cc12. The topological polar surface area (TPSA) is 65.6 Å². The lowest BCUT2D eigenvalue weighted by Gasteiger charge is -2.20. The van der Waals surface area contributed by atoms with Crippen molar-refractivity contribution in [3.8, 4) is 16.9 Å². The number of aliphatic hydroxyl groups is 1. The zero-order valence-corrected chi connectivity index (χ0v) is 20.0. The molecule has 5 nitrogen and oxygen atoms in total. The van der Waals surface area contributed by atoms with Crippen LogP contribution in [0.3, 0.4) is 0 Å². The Morgan fingerprint density at radius 1 is 1.21 bits per heavy atom. The van der Waals surface area contributed by atoms with Crippen molar-refractivity contribution in [2.75, 3.05) is 32.5 Å². The summed E-state index contributed by atoms with van der Waals surface area (Å²) in [5.74, 6) is 0.577. The zero-order chi connectivity index (χ0) is 24.5. The minimum absolute atomic E-state index is 0.202. The van der Waals surface area contributed by atoms with Crippen LogP contribution in [0.2, 0.25) is 5.02 Å². The summed E-state index contributed by atoms with van der Waals surface area (Å²) < 4.78 is 46.0. The van der Waals surface area contributed by atoms with Crippen LogP contribution < -0.4 is 10.3 Å². The zero-order valence-electron chi connectivity index (χ0n) is 18.4. The molecule has 1 atom stereocenters. The minimum Gasteiger partial charge on any atom is -0.496 e. The lowest BCUT2D eigenvalue weighted by molar-refractivity contribution is -0.137. The second-order valence-electron chi connectivity index (χ2n) is 8.23. The number of ether oxygens (including phenoxy) is 1. The molecule has 34 heavy (non-hydrogen) atoms. The number of aliphatic hydroxyl groups excluding tert-OH is 1. The molecule has 0 saturated carbocycles. The molecule has 1 saturated heterocycles. The van der Waals surface area contributed by atoms with E-state index in [2.05, 4.69) is 9.88 Å². The van der Waals surface area contributed by atoms with Crippen molar-refractivity contribution in [3.05, 3.63) is 57.3 Å². The van der Waals surface area contributed by atoms with Gasteiger partial charge < -0.3 is 19.7 Å². The molecule has 0 amide bonds. The number of thioether (sulfide) groups is 1. The van der Waals surface area contributed by atoms with Gasteiger partial charge in [-0.15, -0.1) is 11.8 Å². The minimum atomic E-state index is -4.56. The highest BCUT2D eigenvalue weighted by molar-refractivity contribution is 7.99. The number of benzene rings is 2. The number of aromatic nitrogens is 1. The number of hydrogen-bond acceptors (Lipinski definition) is 5. The highest BCUT2D eigenvalue weighted by Crippen LogP contribution is 2.42. The van der Waals surface area contributed by atoms with E-state index in [-0.39, 0.29) is 21.6 Å². The summed E-state index contributed by atoms with van der Waals surface area (Å²) in [5, 5.41) is 11.1. The van der Waals surface area contributed by atoms with Gasteiger partial charge >= 0.3 is 6.18 Å². The van der Waals surface area contributed by atoms with Crippen LogP contribution in [0.1, 0.15) is 18.4 Å². The van der Waals surface area contributed by atoms with Crippen LogP contribution in [0.15, 0.2) is 46.1 Å². The molecular formula is C24H24ClF3N2O3S. The number of nitrogens with zero attached hydrogens (tertiary/aromatic N) is 1. The third kappa shape index (κ3) is 5.38. The largest absolute Gasteiger partial charge is 0.496 e. The quantitative estimate of drug-likeness (QED) is 0.414. The third-order valence-corrected chi connectivity index (χ3v) is 7.28. The van der Waals surface area contributed by atoms with E-state index >= 15 is 0 Å². The third-order valence-electron chi connectivity index (χ3n) is 5.82. The van der Waals surface area contributed by atoms with Crippen molar-refractivity contribution in [3.63, 3.8) is 0 Å². The molecule has 2 aromatic carbocycles. The lowest BCUT2D eigenvalue weighted by Crippen LogP contribution is -2.31. The van der Waals surface area contributed by atoms with E-state index in [1.165, 1.54) is 13.2 Å². The molecule has 4 rings (SSSR count). The number of hydrogen-bond donors (Lipinski definition) is 2. The molecule has 10 heteroatoms. The molecule has 1 aliphatic heterocycles. The Hall–Kier alpha value is -2.20. The Morgan fingerprint density at radius 3 is 2.62 bits per heavy atom. The fourth-order valence-corrected chi connectivity index (χ4v) is 5.41. The number of rotatable bonds is 7. The van der Waals surface area contributed by atoms with Crippen LogP contribution in [0, 0.1) is 0 Å². The van der Waals surface area contributed by atoms with E-state index in [0.29, 0.717) is 28.4 Å². The van der Waals surface area contributed by atoms with Crippen LogP contribution in [0.5, 0.6) is 5.75 Å². The molecule has 1 unspecified atom stereocenters. The first-order valence-electron chi connectivity index (χ1n) is 10.8. The number of H-pyrrole nitrogens is 1. The van der Waals surface area contributed by atoms with Crippen LogP contribution in [0.25, 0.3) is 22.0 Å². The second kappa shape index (κ2) is 10.2. The van der Waals surface area contributed by atoms with E-state index in [9.17, 15) is 23.1 Å². The summed E-state index contributed by atoms with van der Waals surface area (Å²) in [4.78, 5) is 18.1. The molecule has 1 aliphatic rings. The molecule has 0 spiro atoms. The van der Waals surface area contributed by atoms with Crippen molar-refractivity contribution in [1.82, 2.24) is 9.88 Å². The number of pyridine rings is 1. The molecule has 2 N–H and O–H groups in total. The Labute approximate surface area is 203 Å². The molecule has 0 aliphatic carbocycles. The van der Waals surface area contributed by atoms with Gasteiger partial charge in [0.2, 0.25) is 0 Å². The summed E-state index contributed by atoms with van der Waals surface area (Å²) in [6.07, 6.45) is -3.08. The van der Waals surface area contributed by atoms with Gasteiger partial charge in [-0.05, 0) is 62.3 Å². The predicted molar refractivity (Wildman–Crippen MR) is 129 cm³/mol. The monoisotopic (exact) mass is 512 g/mol. The van der Waals surface area contributed by atoms with Crippen molar-refractivity contribution in [1.29, 1.82) is 0 Å². The van der Waals surface area contributed by atoms with Gasteiger partial charge in [0.15, 0.2) is 0 Å². The number of nitrogens with one attached hydrogen (secondary N) is 1. The summed E-state index contributed by atoms with van der Waals surface area (Å²) in [6.45, 7) is 2.32. The summed E-state index contributed by atoms with van der Waals surface area (Å²) in [7, 11) is 1.44. The van der Waals surface area contributed by atoms with Gasteiger partial charge in [0.1, 0.15) is 5.75 Å². The lowest BCUT2D eigenvalue weighted by atomic mass is 9.98. The highest BCUT2D eigenvalue weighted by Gasteiger charge is 2.31. The average Bonchev–Trinajstić information content (AvgIpc) is 3.29. The number of β-amino-alcohol motifs (C(OH)–C–C–N with tert-alkyl or cyclic N) is 1. The number of methoxy groups -OCH3 is 1. The van der Waals surface area contributed by atoms with E-state index in [4.69, 9.17) is 16.3 Å². The first-order valence-corrected chi connectivity index (χ1v) is 12.2. The maximum Gasteiger partial charge on any atom is 0.416 e. The molecule has 182 valence electrons. The van der Waals surface area contributed by atoms with E-state index in [1.807, 2.05) is 0 Å². The van der Waals surface area contributed by atoms with E-state index in [0.717, 1.165) is 49.8 Å². The normalized spacial score (nSPS) is 15.7. The summed E-state index contributed by atoms with van der Waals surface area (Å²) >= 11 is 7.33. The molecular weight excluding hydrogens is 489 g/mol. The molecule has 3 aromatic rings. The van der Waals surface area contributed by atoms with Gasteiger partial charge in [-0.1, -0.05) is 11.6 Å². The first-order chi connectivity index (χ1) is 16.2. The van der Waals surface area contributed by atoms with Crippen LogP contribution in [0.4, 0.5) is 13.2 Å². The van der Waals surface area contributed by atoms with Gasteiger partial charge in [0.05, 0.1) is 23.7 Å². The number of fused-ring (bicyclic) bond motifs is 1. The fourth-order valence-electron chi connectivity index (χ4n) is 4.23. The van der Waals surface area contributed by atoms with E-state index < -0.39 is 23.4 Å². The first kappa shape index (κ1) is 24.9. The number of aromatic amines is 1. The van der Waals surface area contributed by atoms with Gasteiger partial charge in [-0.25, -0.2) is 0 Å². The average molecular weight is 513 g/mol. The fraction of sp³-hybridized carbons (Fsp3) is 0.375. The molecule has 1 aromatic heterocycles. The molecule has 0 radical (unpaired) electrons. The standard InChI is InChI=1S/C24H24ClF3N2O3S/c1-33-20-7-5-15(25)11-18(20)21-17-10-14(24(26,27)28)4-6-19(17)29-23(32)22(21)34-13-16(31)12-30-8-2-3-9-30/h4-7,10-11,16,31H,2-3,8-9,12-13H2,1H3,(H,29,32). The van der Waals surface area contributed by atoms with Crippen molar-refractivity contribution in [2.24, 2.45) is 0 Å². The van der Waals surface area contributed by atoms with Gasteiger partial charge in [-0.3, -0.25) is 4.79 Å². The van der Waals surface area contributed by atoms with Gasteiger partial charge in [0, 0.05) is 39.4 Å². The van der Waals surface area contributed by atoms with Gasteiger partial charge in [-0.2, -0.15) is 13.2 Å². The predicted octanol–water partition coefficient (Wildman–Crippen LogP) is 5.42. The maximum atomic E-state index is 13.5. The molecule has 0 bridgehead atoms. The second-order valence-corrected chi connectivity index (χ2v) is 9.70. The Bertz CT molecular complexity index is 1240. The number of alkyl halides is 3. The summed E-state index contributed by atoms with van der Waals surface area (Å²) in [5.41, 5.74) is -0.330. The highest BCUT2D eigenvalue weighted by atomic mass is 35.5. The molecule has 2 heterocycles. The van der Waals surface area contributed by atoms with Crippen molar-refractivity contribution >= 4 is 34.3 Å². The van der Waals surface area contributed by atoms with Crippen molar-refractivity contribution < 1.29 is 23.0 Å².